The number of nitrogens with two attached hydrogens (primary N) is 1. The Bertz CT molecular complexity index is 876. The second kappa shape index (κ2) is 4.69. The number of aryl methyl sites for hydroxylation is 2. The third-order valence-electron chi connectivity index (χ3n) is 4.37. The number of nitrogen functional groups attached to an aromatic ring is 1. The summed E-state index contributed by atoms with van der Waals surface area (Å²) in [6.07, 6.45) is 5.26. The maximum absolute atomic E-state index is 13.0. The van der Waals surface area contributed by atoms with Crippen molar-refractivity contribution in [2.24, 2.45) is 5.92 Å². The van der Waals surface area contributed by atoms with E-state index < -0.39 is 0 Å². The minimum atomic E-state index is -0.0626. The molecule has 1 aliphatic heterocycles. The van der Waals surface area contributed by atoms with Crippen molar-refractivity contribution >= 4 is 22.6 Å². The number of hydrogen-bond donors (Lipinski definition) is 1. The molecule has 1 aromatic carbocycles. The molecule has 0 bridgehead atoms. The minimum Gasteiger partial charge on any atom is -0.399 e. The molecule has 0 radical (unpaired) electrons. The van der Waals surface area contributed by atoms with Gasteiger partial charge >= 0.3 is 0 Å². The first-order chi connectivity index (χ1) is 10.6. The van der Waals surface area contributed by atoms with Gasteiger partial charge in [-0.3, -0.25) is 9.36 Å². The van der Waals surface area contributed by atoms with Crippen molar-refractivity contribution < 1.29 is 4.79 Å². The lowest BCUT2D eigenvalue weighted by Gasteiger charge is -2.23. The number of benzene rings is 1. The van der Waals surface area contributed by atoms with Gasteiger partial charge in [-0.05, 0) is 31.5 Å². The zero-order valence-corrected chi connectivity index (χ0v) is 12.4. The van der Waals surface area contributed by atoms with E-state index in [9.17, 15) is 4.79 Å². The predicted octanol–water partition coefficient (Wildman–Crippen LogP) is 2.03. The lowest BCUT2D eigenvalue weighted by atomic mass is 9.96. The van der Waals surface area contributed by atoms with Crippen LogP contribution in [0.25, 0.3) is 11.0 Å². The first-order valence-electron chi connectivity index (χ1n) is 7.42. The molecule has 0 spiro atoms. The molecule has 3 heterocycles. The quantitative estimate of drug-likeness (QED) is 0.697. The molecule has 112 valence electrons. The average molecular weight is 295 g/mol. The number of carbonyl (C=O) groups is 1. The lowest BCUT2D eigenvalue weighted by molar-refractivity contribution is 0.0813. The highest BCUT2D eigenvalue weighted by Gasteiger charge is 2.28. The highest BCUT2D eigenvalue weighted by atomic mass is 16.2. The number of anilines is 1. The molecule has 2 aromatic heterocycles. The molecule has 6 heteroatoms. The molecule has 2 N–H and O–H groups in total. The smallest absolute Gasteiger partial charge is 0.236 e. The molecular formula is C16H17N5O. The van der Waals surface area contributed by atoms with Crippen LogP contribution >= 0.6 is 0 Å². The maximum Gasteiger partial charge on any atom is 0.236 e. The van der Waals surface area contributed by atoms with Gasteiger partial charge < -0.3 is 10.3 Å². The fourth-order valence-corrected chi connectivity index (χ4v) is 3.24. The Morgan fingerprint density at radius 3 is 3.14 bits per heavy atom. The van der Waals surface area contributed by atoms with Crippen LogP contribution in [0.1, 0.15) is 22.9 Å². The van der Waals surface area contributed by atoms with Gasteiger partial charge in [-0.1, -0.05) is 0 Å². The van der Waals surface area contributed by atoms with Crippen molar-refractivity contribution in [3.05, 3.63) is 42.2 Å². The van der Waals surface area contributed by atoms with Crippen LogP contribution in [0.4, 0.5) is 5.69 Å². The molecule has 0 aliphatic carbocycles. The number of aromatic nitrogens is 4. The van der Waals surface area contributed by atoms with Crippen LogP contribution in [0, 0.1) is 12.8 Å². The average Bonchev–Trinajstić information content (AvgIpc) is 3.08. The summed E-state index contributed by atoms with van der Waals surface area (Å²) in [5, 5.41) is 0. The Labute approximate surface area is 127 Å². The number of fused-ring (bicyclic) bond motifs is 2. The Morgan fingerprint density at radius 1 is 1.41 bits per heavy atom. The molecule has 6 nitrogen and oxygen atoms in total. The molecule has 0 fully saturated rings. The monoisotopic (exact) mass is 295 g/mol. The standard InChI is InChI=1S/C16H17N5O/c1-10-19-13-3-2-12(17)9-14(13)21(10)16(22)11-4-6-20-7-5-18-15(20)8-11/h2-3,5,7,9,11H,4,6,8,17H2,1H3. The van der Waals surface area contributed by atoms with Gasteiger partial charge in [-0.2, -0.15) is 0 Å². The Hall–Kier alpha value is -2.63. The van der Waals surface area contributed by atoms with Crippen molar-refractivity contribution in [1.29, 1.82) is 0 Å². The zero-order chi connectivity index (χ0) is 15.3. The van der Waals surface area contributed by atoms with Gasteiger partial charge in [0.25, 0.3) is 0 Å². The number of imidazole rings is 2. The van der Waals surface area contributed by atoms with E-state index in [-0.39, 0.29) is 11.8 Å². The largest absolute Gasteiger partial charge is 0.399 e. The van der Waals surface area contributed by atoms with Gasteiger partial charge in [0.05, 0.1) is 11.0 Å². The van der Waals surface area contributed by atoms with Gasteiger partial charge in [0.15, 0.2) is 0 Å². The van der Waals surface area contributed by atoms with Crippen LogP contribution in [0.3, 0.4) is 0 Å². The minimum absolute atomic E-state index is 0.0626. The highest BCUT2D eigenvalue weighted by Crippen LogP contribution is 2.25. The van der Waals surface area contributed by atoms with Crippen LogP contribution < -0.4 is 5.73 Å². The first-order valence-corrected chi connectivity index (χ1v) is 7.42. The van der Waals surface area contributed by atoms with E-state index in [0.29, 0.717) is 17.9 Å². The van der Waals surface area contributed by atoms with Crippen LogP contribution in [-0.2, 0) is 13.0 Å². The fraction of sp³-hybridized carbons (Fsp3) is 0.312. The third-order valence-corrected chi connectivity index (χ3v) is 4.37. The summed E-state index contributed by atoms with van der Waals surface area (Å²) in [7, 11) is 0. The maximum atomic E-state index is 13.0. The van der Waals surface area contributed by atoms with Crippen LogP contribution in [0.5, 0.6) is 0 Å². The van der Waals surface area contributed by atoms with E-state index in [4.69, 9.17) is 5.73 Å². The Kier molecular flexibility index (Phi) is 2.79. The summed E-state index contributed by atoms with van der Waals surface area (Å²) in [6.45, 7) is 2.69. The molecule has 1 unspecified atom stereocenters. The Morgan fingerprint density at radius 2 is 2.27 bits per heavy atom. The van der Waals surface area contributed by atoms with Crippen molar-refractivity contribution in [2.45, 2.75) is 26.3 Å². The predicted molar refractivity (Wildman–Crippen MR) is 83.5 cm³/mol. The van der Waals surface area contributed by atoms with E-state index in [2.05, 4.69) is 14.5 Å². The SMILES string of the molecule is Cc1nc2ccc(N)cc2n1C(=O)C1CCn2ccnc2C1. The van der Waals surface area contributed by atoms with Crippen LogP contribution in [0.15, 0.2) is 30.6 Å². The van der Waals surface area contributed by atoms with E-state index in [1.165, 1.54) is 0 Å². The summed E-state index contributed by atoms with van der Waals surface area (Å²) in [5.41, 5.74) is 8.10. The topological polar surface area (TPSA) is 78.7 Å². The van der Waals surface area contributed by atoms with Gasteiger partial charge in [0, 0.05) is 37.0 Å². The molecule has 0 amide bonds. The van der Waals surface area contributed by atoms with E-state index in [1.54, 1.807) is 16.8 Å². The van der Waals surface area contributed by atoms with Crippen molar-refractivity contribution in [3.63, 3.8) is 0 Å². The van der Waals surface area contributed by atoms with Gasteiger partial charge in [-0.15, -0.1) is 0 Å². The van der Waals surface area contributed by atoms with Crippen LogP contribution in [0.2, 0.25) is 0 Å². The second-order valence-electron chi connectivity index (χ2n) is 5.81. The molecule has 4 rings (SSSR count). The van der Waals surface area contributed by atoms with Crippen molar-refractivity contribution in [2.75, 3.05) is 5.73 Å². The van der Waals surface area contributed by atoms with Crippen molar-refractivity contribution in [1.82, 2.24) is 19.1 Å². The van der Waals surface area contributed by atoms with Gasteiger partial charge in [0.1, 0.15) is 11.6 Å². The molecular weight excluding hydrogens is 278 g/mol. The first kappa shape index (κ1) is 13.1. The normalized spacial score (nSPS) is 17.6. The van der Waals surface area contributed by atoms with E-state index >= 15 is 0 Å². The summed E-state index contributed by atoms with van der Waals surface area (Å²) in [5.74, 6) is 1.71. The molecule has 1 aliphatic rings. The summed E-state index contributed by atoms with van der Waals surface area (Å²) in [4.78, 5) is 21.8. The molecule has 1 atom stereocenters. The van der Waals surface area contributed by atoms with Crippen LogP contribution in [-0.4, -0.2) is 25.0 Å². The summed E-state index contributed by atoms with van der Waals surface area (Å²) < 4.78 is 3.82. The third kappa shape index (κ3) is 1.91. The summed E-state index contributed by atoms with van der Waals surface area (Å²) in [6, 6.07) is 5.48. The molecule has 3 aromatic rings. The zero-order valence-electron chi connectivity index (χ0n) is 12.4. The summed E-state index contributed by atoms with van der Waals surface area (Å²) >= 11 is 0. The van der Waals surface area contributed by atoms with E-state index in [1.807, 2.05) is 25.3 Å². The molecule has 0 saturated carbocycles. The molecule has 22 heavy (non-hydrogen) atoms. The number of hydrogen-bond acceptors (Lipinski definition) is 4. The van der Waals surface area contributed by atoms with E-state index in [0.717, 1.165) is 29.8 Å². The number of nitrogens with zero attached hydrogens (tertiary/aromatic N) is 4. The highest BCUT2D eigenvalue weighted by molar-refractivity contribution is 5.93. The molecule has 0 saturated heterocycles. The Balaban J connectivity index is 1.74. The van der Waals surface area contributed by atoms with Gasteiger partial charge in [-0.25, -0.2) is 9.97 Å². The fourth-order valence-electron chi connectivity index (χ4n) is 3.24. The second-order valence-corrected chi connectivity index (χ2v) is 5.81. The lowest BCUT2D eigenvalue weighted by Crippen LogP contribution is -2.30. The number of rotatable bonds is 1. The number of carbonyl (C=O) groups excluding carboxylic acids is 1. The van der Waals surface area contributed by atoms with Gasteiger partial charge in [0.2, 0.25) is 5.91 Å². The van der Waals surface area contributed by atoms with Crippen molar-refractivity contribution in [3.8, 4) is 0 Å².